The Morgan fingerprint density at radius 2 is 1.88 bits per heavy atom. The van der Waals surface area contributed by atoms with Gasteiger partial charge >= 0.3 is 12.3 Å². The molecule has 0 radical (unpaired) electrons. The third kappa shape index (κ3) is 4.40. The van der Waals surface area contributed by atoms with Gasteiger partial charge in [-0.15, -0.1) is 0 Å². The normalized spacial score (nSPS) is 27.4. The van der Waals surface area contributed by atoms with Gasteiger partial charge in [0.15, 0.2) is 0 Å². The summed E-state index contributed by atoms with van der Waals surface area (Å²) in [4.78, 5) is 15.2. The largest absolute Gasteiger partial charge is 0.445 e. The quantitative estimate of drug-likeness (QED) is 0.534. The van der Waals surface area contributed by atoms with Gasteiger partial charge in [-0.25, -0.2) is 4.79 Å². The molecule has 1 amide bonds. The van der Waals surface area contributed by atoms with Crippen LogP contribution in [0.2, 0.25) is 5.02 Å². The Balaban J connectivity index is 1.34. The van der Waals surface area contributed by atoms with Crippen LogP contribution in [0.4, 0.5) is 18.0 Å². The Hall–Kier alpha value is -2.25. The van der Waals surface area contributed by atoms with E-state index in [1.54, 1.807) is 0 Å². The third-order valence-electron chi connectivity index (χ3n) is 7.61. The zero-order valence-electron chi connectivity index (χ0n) is 19.2. The summed E-state index contributed by atoms with van der Waals surface area (Å²) in [6.07, 6.45) is -2.02. The number of amides is 1. The lowest BCUT2D eigenvalue weighted by molar-refractivity contribution is -0.137. The molecule has 182 valence electrons. The first-order valence-corrected chi connectivity index (χ1v) is 12.1. The van der Waals surface area contributed by atoms with Gasteiger partial charge in [0, 0.05) is 17.1 Å². The fraction of sp³-hybridized carbons (Fsp3) is 0.500. The van der Waals surface area contributed by atoms with Crippen LogP contribution >= 0.6 is 11.6 Å². The van der Waals surface area contributed by atoms with Gasteiger partial charge in [-0.2, -0.15) is 13.2 Å². The van der Waals surface area contributed by atoms with E-state index in [9.17, 15) is 18.0 Å². The first-order valence-electron chi connectivity index (χ1n) is 11.7. The van der Waals surface area contributed by atoms with Crippen molar-refractivity contribution in [2.45, 2.75) is 51.4 Å². The van der Waals surface area contributed by atoms with Crippen molar-refractivity contribution < 1.29 is 22.7 Å². The maximum atomic E-state index is 13.0. The summed E-state index contributed by atoms with van der Waals surface area (Å²) in [5.74, 6) is 0.440. The summed E-state index contributed by atoms with van der Waals surface area (Å²) >= 11 is 6.22. The predicted molar refractivity (Wildman–Crippen MR) is 125 cm³/mol. The number of nitrogens with one attached hydrogen (secondary N) is 1. The van der Waals surface area contributed by atoms with Crippen molar-refractivity contribution in [2.75, 3.05) is 19.6 Å². The molecule has 0 spiro atoms. The molecule has 3 saturated heterocycles. The third-order valence-corrected chi connectivity index (χ3v) is 7.92. The zero-order chi connectivity index (χ0) is 24.3. The van der Waals surface area contributed by atoms with E-state index < -0.39 is 11.7 Å². The van der Waals surface area contributed by atoms with Crippen molar-refractivity contribution in [1.29, 1.82) is 0 Å². The average molecular weight is 493 g/mol. The second-order valence-corrected chi connectivity index (χ2v) is 10.8. The monoisotopic (exact) mass is 492 g/mol. The van der Waals surface area contributed by atoms with Crippen LogP contribution in [0.5, 0.6) is 0 Å². The van der Waals surface area contributed by atoms with Crippen LogP contribution in [0, 0.1) is 11.3 Å². The van der Waals surface area contributed by atoms with Crippen molar-refractivity contribution in [2.24, 2.45) is 11.3 Å². The summed E-state index contributed by atoms with van der Waals surface area (Å²) in [6, 6.07) is 8.96. The molecular formula is C26H28ClF3N2O2. The summed E-state index contributed by atoms with van der Waals surface area (Å²) in [5, 5.41) is 3.15. The van der Waals surface area contributed by atoms with Gasteiger partial charge < -0.3 is 10.1 Å². The lowest BCUT2D eigenvalue weighted by atomic mass is 9.85. The predicted octanol–water partition coefficient (Wildman–Crippen LogP) is 6.47. The first-order chi connectivity index (χ1) is 16.0. The molecule has 2 bridgehead atoms. The first kappa shape index (κ1) is 23.5. The number of ether oxygens (including phenoxy) is 1. The maximum Gasteiger partial charge on any atom is 0.416 e. The van der Waals surface area contributed by atoms with Crippen molar-refractivity contribution >= 4 is 17.7 Å². The number of alkyl carbamates (subject to hydrolysis) is 1. The number of nitrogens with zero attached hydrogens (tertiary/aromatic N) is 1. The fourth-order valence-corrected chi connectivity index (χ4v) is 6.04. The van der Waals surface area contributed by atoms with Crippen LogP contribution in [0.3, 0.4) is 0 Å². The summed E-state index contributed by atoms with van der Waals surface area (Å²) in [7, 11) is 0. The van der Waals surface area contributed by atoms with E-state index in [2.05, 4.69) is 24.1 Å². The number of carbonyl (C=O) groups excluding carboxylic acids is 1. The van der Waals surface area contributed by atoms with Crippen LogP contribution in [0.1, 0.15) is 49.4 Å². The van der Waals surface area contributed by atoms with Gasteiger partial charge in [0.25, 0.3) is 0 Å². The molecule has 2 aromatic rings. The maximum absolute atomic E-state index is 13.0. The van der Waals surface area contributed by atoms with E-state index in [0.29, 0.717) is 11.5 Å². The van der Waals surface area contributed by atoms with Crippen LogP contribution in [0.25, 0.3) is 11.1 Å². The zero-order valence-corrected chi connectivity index (χ0v) is 20.0. The lowest BCUT2D eigenvalue weighted by Crippen LogP contribution is -2.53. The number of carbonyl (C=O) groups is 1. The van der Waals surface area contributed by atoms with Crippen LogP contribution < -0.4 is 5.32 Å². The second kappa shape index (κ2) is 8.45. The molecule has 3 aliphatic heterocycles. The Bertz CT molecular complexity index is 1110. The number of alkyl halides is 3. The van der Waals surface area contributed by atoms with Crippen molar-refractivity contribution in [3.8, 4) is 11.1 Å². The smallest absolute Gasteiger partial charge is 0.416 e. The molecule has 0 aromatic heterocycles. The van der Waals surface area contributed by atoms with Gasteiger partial charge in [-0.05, 0) is 72.5 Å². The second-order valence-electron chi connectivity index (χ2n) is 10.4. The Kier molecular flexibility index (Phi) is 5.84. The molecule has 8 heteroatoms. The standard InChI is InChI=1S/C26H28ClF3N2O2/c1-25(2)13-17-11-16(19-6-4-18(12-21(19)27)26(28,29)30)3-5-20(17)23(25)31-24(33)34-22-14-32-9-7-15(22)8-10-32/h3-6,11-12,15,22-23H,7-10,13-14H2,1-2H3,(H,31,33)/t22-,23?/m1/s1. The van der Waals surface area contributed by atoms with Crippen LogP contribution in [0.15, 0.2) is 36.4 Å². The van der Waals surface area contributed by atoms with E-state index >= 15 is 0 Å². The van der Waals surface area contributed by atoms with Crippen molar-refractivity contribution in [3.05, 3.63) is 58.1 Å². The van der Waals surface area contributed by atoms with E-state index in [1.807, 2.05) is 18.2 Å². The molecular weight excluding hydrogens is 465 g/mol. The summed E-state index contributed by atoms with van der Waals surface area (Å²) in [6.45, 7) is 7.16. The number of benzene rings is 2. The highest BCUT2D eigenvalue weighted by molar-refractivity contribution is 6.33. The van der Waals surface area contributed by atoms with Crippen molar-refractivity contribution in [1.82, 2.24) is 10.2 Å². The number of hydrogen-bond acceptors (Lipinski definition) is 3. The molecule has 1 unspecified atom stereocenters. The Morgan fingerprint density at radius 3 is 2.50 bits per heavy atom. The van der Waals surface area contributed by atoms with Gasteiger partial charge in [0.05, 0.1) is 11.6 Å². The highest BCUT2D eigenvalue weighted by Crippen LogP contribution is 2.47. The average Bonchev–Trinajstić information content (AvgIpc) is 3.02. The van der Waals surface area contributed by atoms with Crippen LogP contribution in [-0.4, -0.2) is 36.7 Å². The number of fused-ring (bicyclic) bond motifs is 4. The highest BCUT2D eigenvalue weighted by atomic mass is 35.5. The molecule has 4 aliphatic rings. The van der Waals surface area contributed by atoms with E-state index in [0.717, 1.165) is 67.7 Å². The minimum absolute atomic E-state index is 0.0582. The molecule has 2 aromatic carbocycles. The molecule has 2 atom stereocenters. The molecule has 34 heavy (non-hydrogen) atoms. The van der Waals surface area contributed by atoms with E-state index in [-0.39, 0.29) is 28.7 Å². The van der Waals surface area contributed by atoms with Gasteiger partial charge in [0.1, 0.15) is 6.10 Å². The Morgan fingerprint density at radius 1 is 1.15 bits per heavy atom. The van der Waals surface area contributed by atoms with Gasteiger partial charge in [-0.3, -0.25) is 4.90 Å². The molecule has 1 aliphatic carbocycles. The molecule has 6 rings (SSSR count). The SMILES string of the molecule is CC1(C)Cc2cc(-c3ccc(C(F)(F)F)cc3Cl)ccc2C1NC(=O)O[C@@H]1CN2CCC1CC2. The summed E-state index contributed by atoms with van der Waals surface area (Å²) < 4.78 is 44.8. The molecule has 1 N–H and O–H groups in total. The van der Waals surface area contributed by atoms with Gasteiger partial charge in [0.2, 0.25) is 0 Å². The number of rotatable bonds is 3. The Labute approximate surface area is 202 Å². The minimum atomic E-state index is -4.44. The molecule has 3 fully saturated rings. The summed E-state index contributed by atoms with van der Waals surface area (Å²) in [5.41, 5.74) is 2.35. The minimum Gasteiger partial charge on any atom is -0.445 e. The highest BCUT2D eigenvalue weighted by Gasteiger charge is 2.42. The van der Waals surface area contributed by atoms with E-state index in [4.69, 9.17) is 16.3 Å². The molecule has 3 heterocycles. The van der Waals surface area contributed by atoms with Crippen molar-refractivity contribution in [3.63, 3.8) is 0 Å². The number of piperidine rings is 3. The van der Waals surface area contributed by atoms with E-state index in [1.165, 1.54) is 6.07 Å². The lowest BCUT2D eigenvalue weighted by Gasteiger charge is -2.44. The fourth-order valence-electron chi connectivity index (χ4n) is 5.75. The number of halogens is 4. The molecule has 4 nitrogen and oxygen atoms in total. The van der Waals surface area contributed by atoms with Gasteiger partial charge in [-0.1, -0.05) is 49.7 Å². The van der Waals surface area contributed by atoms with Crippen LogP contribution in [-0.2, 0) is 17.3 Å². The molecule has 0 saturated carbocycles. The number of hydrogen-bond donors (Lipinski definition) is 1. The topological polar surface area (TPSA) is 41.6 Å².